The van der Waals surface area contributed by atoms with Gasteiger partial charge in [-0.15, -0.1) is 0 Å². The van der Waals surface area contributed by atoms with Crippen molar-refractivity contribution in [2.75, 3.05) is 20.1 Å². The van der Waals surface area contributed by atoms with Gasteiger partial charge in [0.2, 0.25) is 0 Å². The molecule has 0 saturated carbocycles. The molecule has 1 aliphatic heterocycles. The third-order valence-electron chi connectivity index (χ3n) is 3.37. The highest BCUT2D eigenvalue weighted by Crippen LogP contribution is 2.20. The van der Waals surface area contributed by atoms with Gasteiger partial charge in [0.05, 0.1) is 0 Å². The first-order chi connectivity index (χ1) is 8.15. The van der Waals surface area contributed by atoms with Crippen molar-refractivity contribution in [3.8, 4) is 5.75 Å². The van der Waals surface area contributed by atoms with Crippen LogP contribution >= 0.6 is 0 Å². The minimum absolute atomic E-state index is 0.0902. The largest absolute Gasteiger partial charge is 0.490 e. The van der Waals surface area contributed by atoms with E-state index in [1.807, 2.05) is 19.1 Å². The minimum atomic E-state index is 0.0902. The lowest BCUT2D eigenvalue weighted by Gasteiger charge is -2.29. The zero-order valence-electron chi connectivity index (χ0n) is 10.7. The van der Waals surface area contributed by atoms with E-state index in [1.54, 1.807) is 0 Å². The Bertz CT molecular complexity index is 340. The van der Waals surface area contributed by atoms with Crippen molar-refractivity contribution in [1.29, 1.82) is 0 Å². The second kappa shape index (κ2) is 5.52. The van der Waals surface area contributed by atoms with E-state index >= 15 is 0 Å². The van der Waals surface area contributed by atoms with E-state index in [0.717, 1.165) is 37.2 Å². The maximum absolute atomic E-state index is 5.97. The van der Waals surface area contributed by atoms with Gasteiger partial charge < -0.3 is 15.4 Å². The molecule has 1 aliphatic rings. The molecule has 0 aromatic heterocycles. The van der Waals surface area contributed by atoms with Crippen LogP contribution in [0.4, 0.5) is 0 Å². The van der Waals surface area contributed by atoms with Crippen LogP contribution in [0.25, 0.3) is 0 Å². The summed E-state index contributed by atoms with van der Waals surface area (Å²) in [6.45, 7) is 4.25. The quantitative estimate of drug-likeness (QED) is 0.871. The summed E-state index contributed by atoms with van der Waals surface area (Å²) in [5.41, 5.74) is 6.97. The van der Waals surface area contributed by atoms with Crippen LogP contribution in [0.3, 0.4) is 0 Å². The van der Waals surface area contributed by atoms with Gasteiger partial charge in [-0.25, -0.2) is 0 Å². The molecule has 0 radical (unpaired) electrons. The normalized spacial score (nSPS) is 20.2. The van der Waals surface area contributed by atoms with E-state index in [1.165, 1.54) is 0 Å². The van der Waals surface area contributed by atoms with E-state index in [-0.39, 0.29) is 6.04 Å². The lowest BCUT2D eigenvalue weighted by atomic mass is 10.1. The van der Waals surface area contributed by atoms with Gasteiger partial charge >= 0.3 is 0 Å². The van der Waals surface area contributed by atoms with Gasteiger partial charge in [-0.05, 0) is 44.5 Å². The van der Waals surface area contributed by atoms with E-state index < -0.39 is 0 Å². The molecule has 1 saturated heterocycles. The Kier molecular flexibility index (Phi) is 4.02. The van der Waals surface area contributed by atoms with Crippen LogP contribution in [0.2, 0.25) is 0 Å². The summed E-state index contributed by atoms with van der Waals surface area (Å²) in [6, 6.07) is 8.24. The van der Waals surface area contributed by atoms with E-state index in [2.05, 4.69) is 24.1 Å². The molecule has 0 amide bonds. The molecule has 3 nitrogen and oxygen atoms in total. The average Bonchev–Trinajstić information content (AvgIpc) is 2.33. The van der Waals surface area contributed by atoms with E-state index in [9.17, 15) is 0 Å². The summed E-state index contributed by atoms with van der Waals surface area (Å²) >= 11 is 0. The number of hydrogen-bond donors (Lipinski definition) is 1. The first kappa shape index (κ1) is 12.4. The Hall–Kier alpha value is -1.06. The number of ether oxygens (including phenoxy) is 1. The van der Waals surface area contributed by atoms with Crippen LogP contribution in [0.15, 0.2) is 24.3 Å². The van der Waals surface area contributed by atoms with Gasteiger partial charge in [-0.1, -0.05) is 12.1 Å². The fraction of sp³-hybridized carbons (Fsp3) is 0.571. The Morgan fingerprint density at radius 3 is 2.35 bits per heavy atom. The predicted octanol–water partition coefficient (Wildman–Crippen LogP) is 2.18. The van der Waals surface area contributed by atoms with Gasteiger partial charge in [-0.3, -0.25) is 0 Å². The number of rotatable bonds is 3. The number of nitrogens with two attached hydrogens (primary N) is 1. The van der Waals surface area contributed by atoms with Crippen molar-refractivity contribution < 1.29 is 4.74 Å². The van der Waals surface area contributed by atoms with Crippen molar-refractivity contribution in [3.05, 3.63) is 29.8 Å². The lowest BCUT2D eigenvalue weighted by molar-refractivity contribution is 0.114. The molecule has 1 aromatic rings. The molecule has 0 aliphatic carbocycles. The van der Waals surface area contributed by atoms with Gasteiger partial charge in [0.25, 0.3) is 0 Å². The molecule has 1 atom stereocenters. The molecular formula is C14H22N2O. The van der Waals surface area contributed by atoms with Crippen LogP contribution < -0.4 is 10.5 Å². The van der Waals surface area contributed by atoms with Gasteiger partial charge in [0.1, 0.15) is 11.9 Å². The maximum Gasteiger partial charge on any atom is 0.119 e. The third-order valence-corrected chi connectivity index (χ3v) is 3.37. The van der Waals surface area contributed by atoms with Crippen LogP contribution in [0, 0.1) is 0 Å². The minimum Gasteiger partial charge on any atom is -0.490 e. The summed E-state index contributed by atoms with van der Waals surface area (Å²) in [5, 5.41) is 0. The monoisotopic (exact) mass is 234 g/mol. The third kappa shape index (κ3) is 3.45. The highest BCUT2D eigenvalue weighted by atomic mass is 16.5. The Labute approximate surface area is 104 Å². The van der Waals surface area contributed by atoms with E-state index in [0.29, 0.717) is 6.10 Å². The first-order valence-electron chi connectivity index (χ1n) is 6.36. The zero-order chi connectivity index (χ0) is 12.3. The summed E-state index contributed by atoms with van der Waals surface area (Å²) in [5.74, 6) is 0.962. The number of benzene rings is 1. The van der Waals surface area contributed by atoms with Crippen LogP contribution in [0.5, 0.6) is 5.75 Å². The number of hydrogen-bond acceptors (Lipinski definition) is 3. The first-order valence-corrected chi connectivity index (χ1v) is 6.36. The molecule has 94 valence electrons. The molecule has 3 heteroatoms. The molecule has 0 spiro atoms. The van der Waals surface area contributed by atoms with Crippen LogP contribution in [-0.4, -0.2) is 31.1 Å². The van der Waals surface area contributed by atoms with Crippen LogP contribution in [-0.2, 0) is 0 Å². The molecule has 2 N–H and O–H groups in total. The second-order valence-corrected chi connectivity index (χ2v) is 4.98. The Morgan fingerprint density at radius 1 is 1.24 bits per heavy atom. The van der Waals surface area contributed by atoms with Crippen molar-refractivity contribution in [1.82, 2.24) is 4.90 Å². The highest BCUT2D eigenvalue weighted by molar-refractivity contribution is 5.28. The maximum atomic E-state index is 5.97. The molecule has 1 aromatic carbocycles. The summed E-state index contributed by atoms with van der Waals surface area (Å²) in [6.07, 6.45) is 2.60. The summed E-state index contributed by atoms with van der Waals surface area (Å²) in [7, 11) is 2.16. The molecule has 1 heterocycles. The van der Waals surface area contributed by atoms with Crippen LogP contribution in [0.1, 0.15) is 31.4 Å². The highest BCUT2D eigenvalue weighted by Gasteiger charge is 2.17. The van der Waals surface area contributed by atoms with Gasteiger partial charge in [-0.2, -0.15) is 0 Å². The fourth-order valence-corrected chi connectivity index (χ4v) is 2.15. The smallest absolute Gasteiger partial charge is 0.119 e. The predicted molar refractivity (Wildman–Crippen MR) is 70.2 cm³/mol. The summed E-state index contributed by atoms with van der Waals surface area (Å²) < 4.78 is 5.97. The van der Waals surface area contributed by atoms with Crippen molar-refractivity contribution in [2.45, 2.75) is 31.9 Å². The number of likely N-dealkylation sites (tertiary alicyclic amines) is 1. The van der Waals surface area contributed by atoms with Gasteiger partial charge in [0.15, 0.2) is 0 Å². The molecule has 1 fully saturated rings. The number of nitrogens with zero attached hydrogens (tertiary/aromatic N) is 1. The second-order valence-electron chi connectivity index (χ2n) is 4.98. The standard InChI is InChI=1S/C14H22N2O/c1-11(15)12-3-5-13(6-4-12)17-14-7-9-16(2)10-8-14/h3-6,11,14H,7-10,15H2,1-2H3. The topological polar surface area (TPSA) is 38.5 Å². The fourth-order valence-electron chi connectivity index (χ4n) is 2.15. The van der Waals surface area contributed by atoms with Crippen molar-refractivity contribution in [2.24, 2.45) is 5.73 Å². The molecular weight excluding hydrogens is 212 g/mol. The molecule has 0 bridgehead atoms. The lowest BCUT2D eigenvalue weighted by Crippen LogP contribution is -2.35. The van der Waals surface area contributed by atoms with E-state index in [4.69, 9.17) is 10.5 Å². The molecule has 17 heavy (non-hydrogen) atoms. The SMILES string of the molecule is CC(N)c1ccc(OC2CCN(C)CC2)cc1. The Balaban J connectivity index is 1.90. The molecule has 1 unspecified atom stereocenters. The summed E-state index contributed by atoms with van der Waals surface area (Å²) in [4.78, 5) is 2.35. The zero-order valence-corrected chi connectivity index (χ0v) is 10.7. The average molecular weight is 234 g/mol. The van der Waals surface area contributed by atoms with Crippen molar-refractivity contribution in [3.63, 3.8) is 0 Å². The van der Waals surface area contributed by atoms with Crippen molar-refractivity contribution >= 4 is 0 Å². The Morgan fingerprint density at radius 2 is 1.82 bits per heavy atom. The number of piperidine rings is 1. The molecule has 2 rings (SSSR count). The van der Waals surface area contributed by atoms with Gasteiger partial charge in [0, 0.05) is 19.1 Å².